The molecule has 156 valence electrons. The number of nitrogens with zero attached hydrogens (tertiary/aromatic N) is 6. The Morgan fingerprint density at radius 3 is 2.90 bits per heavy atom. The Hall–Kier alpha value is -3.07. The molecular weight excluding hydrogens is 406 g/mol. The van der Waals surface area contributed by atoms with Crippen molar-refractivity contribution in [2.75, 3.05) is 36.4 Å². The zero-order chi connectivity index (χ0) is 20.9. The van der Waals surface area contributed by atoms with Gasteiger partial charge in [0, 0.05) is 50.8 Å². The number of hydrogen-bond acceptors (Lipinski definition) is 7. The van der Waals surface area contributed by atoms with Gasteiger partial charge in [-0.2, -0.15) is 10.1 Å². The van der Waals surface area contributed by atoms with Crippen LogP contribution in [0.1, 0.15) is 17.5 Å². The third-order valence-corrected chi connectivity index (χ3v) is 6.24. The van der Waals surface area contributed by atoms with Crippen molar-refractivity contribution in [3.8, 4) is 0 Å². The second-order valence-corrected chi connectivity index (χ2v) is 8.69. The summed E-state index contributed by atoms with van der Waals surface area (Å²) in [4.78, 5) is 25.7. The van der Waals surface area contributed by atoms with Crippen molar-refractivity contribution in [3.05, 3.63) is 47.8 Å². The van der Waals surface area contributed by atoms with Gasteiger partial charge in [-0.3, -0.25) is 9.48 Å². The molecule has 5 heterocycles. The first-order valence-electron chi connectivity index (χ1n) is 9.77. The van der Waals surface area contributed by atoms with Crippen LogP contribution < -0.4 is 10.2 Å². The third kappa shape index (κ3) is 3.28. The highest BCUT2D eigenvalue weighted by Gasteiger charge is 2.51. The Morgan fingerprint density at radius 1 is 1.33 bits per heavy atom. The zero-order valence-corrected chi connectivity index (χ0v) is 17.5. The summed E-state index contributed by atoms with van der Waals surface area (Å²) in [7, 11) is 1.85. The lowest BCUT2D eigenvalue weighted by Crippen LogP contribution is -2.35. The Balaban J connectivity index is 1.32. The normalized spacial score (nSPS) is 23.1. The summed E-state index contributed by atoms with van der Waals surface area (Å²) in [5.41, 5.74) is 0.774. The molecule has 0 bridgehead atoms. The molecule has 1 N–H and O–H groups in total. The maximum absolute atomic E-state index is 12.7. The molecule has 0 radical (unpaired) electrons. The molecule has 3 aromatic rings. The van der Waals surface area contributed by atoms with Crippen LogP contribution in [0.2, 0.25) is 5.02 Å². The number of carbonyl (C=O) groups is 1. The summed E-state index contributed by atoms with van der Waals surface area (Å²) < 4.78 is 6.99. The molecule has 0 spiro atoms. The Bertz CT molecular complexity index is 1080. The van der Waals surface area contributed by atoms with Crippen molar-refractivity contribution in [1.82, 2.24) is 24.6 Å². The fraction of sp³-hybridized carbons (Fsp3) is 0.400. The number of likely N-dealkylation sites (tertiary alicyclic amines) is 1. The summed E-state index contributed by atoms with van der Waals surface area (Å²) in [6.07, 6.45) is 6.71. The summed E-state index contributed by atoms with van der Waals surface area (Å²) in [6, 6.07) is 3.45. The molecule has 30 heavy (non-hydrogen) atoms. The molecule has 0 saturated carbocycles. The fourth-order valence-corrected chi connectivity index (χ4v) is 4.68. The predicted molar refractivity (Wildman–Crippen MR) is 112 cm³/mol. The number of anilines is 3. The summed E-state index contributed by atoms with van der Waals surface area (Å²) in [5, 5.41) is 7.81. The molecule has 2 atom stereocenters. The number of furan rings is 1. The molecule has 10 heteroatoms. The molecular formula is C20H22ClN7O2. The van der Waals surface area contributed by atoms with Gasteiger partial charge in [-0.05, 0) is 12.1 Å². The number of fused-ring (bicyclic) bond motifs is 1. The van der Waals surface area contributed by atoms with Crippen LogP contribution in [0.25, 0.3) is 0 Å². The second kappa shape index (κ2) is 7.02. The second-order valence-electron chi connectivity index (χ2n) is 8.29. The van der Waals surface area contributed by atoms with Gasteiger partial charge in [0.2, 0.25) is 5.95 Å². The third-order valence-electron chi connectivity index (χ3n) is 5.98. The molecule has 5 rings (SSSR count). The number of halogens is 1. The van der Waals surface area contributed by atoms with Crippen LogP contribution in [-0.4, -0.2) is 56.7 Å². The maximum atomic E-state index is 12.7. The standard InChI is InChI=1S/C20H22ClN7O2/c1-20-11-27(8-13(20)9-28(12-20)18(29)16-4-3-5-30-16)17-15(21)7-22-19(25-17)24-14-6-23-26(2)10-14/h3-7,10,13H,8-9,11-12H2,1-2H3,(H,22,24,25)/t13-,20+/m1/s1. The van der Waals surface area contributed by atoms with Gasteiger partial charge >= 0.3 is 0 Å². The molecule has 2 aliphatic rings. The number of aromatic nitrogens is 4. The van der Waals surface area contributed by atoms with E-state index < -0.39 is 0 Å². The largest absolute Gasteiger partial charge is 0.459 e. The molecule has 2 aliphatic heterocycles. The molecule has 0 aromatic carbocycles. The molecule has 1 amide bonds. The first kappa shape index (κ1) is 18.9. The quantitative estimate of drug-likeness (QED) is 0.684. The van der Waals surface area contributed by atoms with Crippen LogP contribution in [0.3, 0.4) is 0 Å². The average Bonchev–Trinajstić information content (AvgIpc) is 3.47. The molecule has 0 aliphatic carbocycles. The van der Waals surface area contributed by atoms with E-state index >= 15 is 0 Å². The number of hydrogen-bond donors (Lipinski definition) is 1. The van der Waals surface area contributed by atoms with Crippen molar-refractivity contribution in [3.63, 3.8) is 0 Å². The van der Waals surface area contributed by atoms with Crippen LogP contribution in [0, 0.1) is 11.3 Å². The van der Waals surface area contributed by atoms with E-state index in [0.717, 1.165) is 18.8 Å². The lowest BCUT2D eigenvalue weighted by atomic mass is 9.83. The van der Waals surface area contributed by atoms with Gasteiger partial charge in [0.25, 0.3) is 5.91 Å². The minimum absolute atomic E-state index is 0.0343. The van der Waals surface area contributed by atoms with E-state index in [4.69, 9.17) is 16.0 Å². The summed E-state index contributed by atoms with van der Waals surface area (Å²) in [5.74, 6) is 1.85. The van der Waals surface area contributed by atoms with Gasteiger partial charge < -0.3 is 19.5 Å². The molecule has 0 unspecified atom stereocenters. The van der Waals surface area contributed by atoms with Crippen LogP contribution >= 0.6 is 11.6 Å². The van der Waals surface area contributed by atoms with Gasteiger partial charge in [-0.1, -0.05) is 18.5 Å². The smallest absolute Gasteiger partial charge is 0.289 e. The van der Waals surface area contributed by atoms with Gasteiger partial charge in [0.05, 0.1) is 24.3 Å². The van der Waals surface area contributed by atoms with Crippen LogP contribution in [-0.2, 0) is 7.05 Å². The van der Waals surface area contributed by atoms with E-state index in [0.29, 0.717) is 41.6 Å². The fourth-order valence-electron chi connectivity index (χ4n) is 4.47. The average molecular weight is 428 g/mol. The maximum Gasteiger partial charge on any atom is 0.289 e. The molecule has 9 nitrogen and oxygen atoms in total. The number of carbonyl (C=O) groups excluding carboxylic acids is 1. The number of aryl methyl sites for hydroxylation is 1. The van der Waals surface area contributed by atoms with Gasteiger partial charge in [-0.15, -0.1) is 0 Å². The predicted octanol–water partition coefficient (Wildman–Crippen LogP) is 2.80. The lowest BCUT2D eigenvalue weighted by molar-refractivity contribution is 0.0743. The highest BCUT2D eigenvalue weighted by atomic mass is 35.5. The van der Waals surface area contributed by atoms with E-state index in [1.807, 2.05) is 18.1 Å². The lowest BCUT2D eigenvalue weighted by Gasteiger charge is -2.26. The molecule has 2 fully saturated rings. The van der Waals surface area contributed by atoms with Crippen LogP contribution in [0.4, 0.5) is 17.5 Å². The minimum Gasteiger partial charge on any atom is -0.459 e. The Labute approximate surface area is 178 Å². The molecule has 2 saturated heterocycles. The van der Waals surface area contributed by atoms with Crippen LogP contribution in [0.5, 0.6) is 0 Å². The van der Waals surface area contributed by atoms with Gasteiger partial charge in [0.1, 0.15) is 5.02 Å². The summed E-state index contributed by atoms with van der Waals surface area (Å²) >= 11 is 6.44. The first-order valence-corrected chi connectivity index (χ1v) is 10.1. The number of rotatable bonds is 4. The van der Waals surface area contributed by atoms with Crippen molar-refractivity contribution in [2.24, 2.45) is 18.4 Å². The van der Waals surface area contributed by atoms with E-state index in [-0.39, 0.29) is 11.3 Å². The minimum atomic E-state index is -0.0507. The first-order chi connectivity index (χ1) is 14.4. The van der Waals surface area contributed by atoms with Crippen molar-refractivity contribution < 1.29 is 9.21 Å². The monoisotopic (exact) mass is 427 g/mol. The topological polar surface area (TPSA) is 92.3 Å². The summed E-state index contributed by atoms with van der Waals surface area (Å²) in [6.45, 7) is 5.13. The highest BCUT2D eigenvalue weighted by Crippen LogP contribution is 2.44. The highest BCUT2D eigenvalue weighted by molar-refractivity contribution is 6.32. The van der Waals surface area contributed by atoms with Gasteiger partial charge in [0.15, 0.2) is 11.6 Å². The van der Waals surface area contributed by atoms with E-state index in [2.05, 4.69) is 32.2 Å². The van der Waals surface area contributed by atoms with Crippen molar-refractivity contribution in [1.29, 1.82) is 0 Å². The SMILES string of the molecule is Cn1cc(Nc2ncc(Cl)c(N3C[C@@H]4CN(C(=O)c5ccco5)C[C@]4(C)C3)n2)cn1. The van der Waals surface area contributed by atoms with Crippen molar-refractivity contribution >= 4 is 35.0 Å². The number of amides is 1. The van der Waals surface area contributed by atoms with E-state index in [1.54, 1.807) is 29.2 Å². The van der Waals surface area contributed by atoms with Crippen molar-refractivity contribution in [2.45, 2.75) is 6.92 Å². The van der Waals surface area contributed by atoms with Crippen LogP contribution in [0.15, 0.2) is 41.4 Å². The van der Waals surface area contributed by atoms with E-state index in [1.165, 1.54) is 6.26 Å². The van der Waals surface area contributed by atoms with Gasteiger partial charge in [-0.25, -0.2) is 4.98 Å². The number of nitrogens with one attached hydrogen (secondary N) is 1. The van der Waals surface area contributed by atoms with E-state index in [9.17, 15) is 4.79 Å². The zero-order valence-electron chi connectivity index (χ0n) is 16.7. The Morgan fingerprint density at radius 2 is 2.20 bits per heavy atom. The molecule has 3 aromatic heterocycles. The Kier molecular flexibility index (Phi) is 4.43.